The van der Waals surface area contributed by atoms with E-state index in [1.54, 1.807) is 12.0 Å². The van der Waals surface area contributed by atoms with Crippen molar-refractivity contribution in [2.24, 2.45) is 0 Å². The van der Waals surface area contributed by atoms with Gasteiger partial charge in [0.25, 0.3) is 5.91 Å². The number of aromatic nitrogens is 1. The molecule has 198 valence electrons. The van der Waals surface area contributed by atoms with Crippen molar-refractivity contribution in [3.05, 3.63) is 79.1 Å². The number of aryl methyl sites for hydroxylation is 4. The average Bonchev–Trinajstić information content (AvgIpc) is 3.38. The van der Waals surface area contributed by atoms with E-state index < -0.39 is 6.04 Å². The number of carbonyl (C=O) groups excluding carboxylic acids is 1. The fourth-order valence-corrected chi connectivity index (χ4v) is 5.74. The van der Waals surface area contributed by atoms with Crippen LogP contribution in [-0.4, -0.2) is 24.6 Å². The Morgan fingerprint density at radius 2 is 1.79 bits per heavy atom. The molecule has 0 spiro atoms. The lowest BCUT2D eigenvalue weighted by molar-refractivity contribution is 0.0971. The molecule has 2 aromatic carbocycles. The summed E-state index contributed by atoms with van der Waals surface area (Å²) in [6.07, 6.45) is 3.15. The number of fused-ring (bicyclic) bond motifs is 2. The molecule has 0 aliphatic carbocycles. The number of nitrogens with zero attached hydrogens (tertiary/aromatic N) is 2. The van der Waals surface area contributed by atoms with Crippen LogP contribution >= 0.6 is 11.3 Å². The van der Waals surface area contributed by atoms with Crippen LogP contribution in [-0.2, 0) is 0 Å². The molecule has 0 N–H and O–H groups in total. The van der Waals surface area contributed by atoms with E-state index in [1.807, 2.05) is 58.0 Å². The van der Waals surface area contributed by atoms with Crippen molar-refractivity contribution < 1.29 is 18.7 Å². The molecule has 1 unspecified atom stereocenters. The molecule has 0 fully saturated rings. The number of amides is 1. The number of anilines is 1. The van der Waals surface area contributed by atoms with E-state index in [4.69, 9.17) is 13.9 Å². The van der Waals surface area contributed by atoms with Crippen molar-refractivity contribution >= 4 is 33.3 Å². The Hall–Kier alpha value is -3.65. The van der Waals surface area contributed by atoms with E-state index in [1.165, 1.54) is 11.3 Å². The molecule has 1 aliphatic rings. The quantitative estimate of drug-likeness (QED) is 0.232. The van der Waals surface area contributed by atoms with Crippen LogP contribution in [0.1, 0.15) is 75.6 Å². The summed E-state index contributed by atoms with van der Waals surface area (Å²) < 4.78 is 17.8. The largest absolute Gasteiger partial charge is 0.493 e. The van der Waals surface area contributed by atoms with Crippen LogP contribution in [0.5, 0.6) is 11.5 Å². The van der Waals surface area contributed by atoms with E-state index in [0.717, 1.165) is 46.5 Å². The third-order valence-electron chi connectivity index (χ3n) is 7.22. The summed E-state index contributed by atoms with van der Waals surface area (Å²) in [7, 11) is 1.59. The second kappa shape index (κ2) is 10.3. The summed E-state index contributed by atoms with van der Waals surface area (Å²) in [5.74, 6) is 0.846. The first-order valence-electron chi connectivity index (χ1n) is 12.9. The maximum Gasteiger partial charge on any atom is 0.297 e. The molecule has 0 radical (unpaired) electrons. The number of ether oxygens (including phenoxy) is 2. The number of hydrogen-bond acceptors (Lipinski definition) is 7. The first-order valence-corrected chi connectivity index (χ1v) is 13.7. The average molecular weight is 533 g/mol. The van der Waals surface area contributed by atoms with E-state index in [9.17, 15) is 9.59 Å². The number of unbranched alkanes of at least 4 members (excludes halogenated alkanes) is 2. The van der Waals surface area contributed by atoms with Gasteiger partial charge >= 0.3 is 0 Å². The first kappa shape index (κ1) is 26.0. The standard InChI is InChI=1S/C30H32N2O5S/c1-7-8-9-12-36-22-11-10-20(15-24(22)35-6)26-25-27(33)21-13-16(2)17(3)14-23(21)37-28(25)29(34)32(26)30-31-18(4)19(5)38-30/h10-11,13-15,26H,7-9,12H2,1-6H3. The van der Waals surface area contributed by atoms with Gasteiger partial charge in [-0.2, -0.15) is 0 Å². The molecule has 1 amide bonds. The van der Waals surface area contributed by atoms with E-state index in [2.05, 4.69) is 11.9 Å². The highest BCUT2D eigenvalue weighted by Crippen LogP contribution is 2.44. The van der Waals surface area contributed by atoms with Crippen LogP contribution < -0.4 is 19.8 Å². The van der Waals surface area contributed by atoms with Gasteiger partial charge in [-0.25, -0.2) is 4.98 Å². The van der Waals surface area contributed by atoms with Gasteiger partial charge in [0.15, 0.2) is 22.1 Å². The van der Waals surface area contributed by atoms with Gasteiger partial charge < -0.3 is 13.9 Å². The zero-order valence-electron chi connectivity index (χ0n) is 22.6. The molecule has 1 atom stereocenters. The minimum atomic E-state index is -0.715. The third-order valence-corrected chi connectivity index (χ3v) is 8.29. The second-order valence-corrected chi connectivity index (χ2v) is 11.0. The Kier molecular flexibility index (Phi) is 7.01. The van der Waals surface area contributed by atoms with Crippen molar-refractivity contribution in [2.45, 2.75) is 59.9 Å². The number of benzene rings is 2. The Labute approximate surface area is 226 Å². The van der Waals surface area contributed by atoms with E-state index >= 15 is 0 Å². The highest BCUT2D eigenvalue weighted by Gasteiger charge is 2.45. The lowest BCUT2D eigenvalue weighted by Gasteiger charge is -2.23. The lowest BCUT2D eigenvalue weighted by Crippen LogP contribution is -2.29. The fourth-order valence-electron chi connectivity index (χ4n) is 4.81. The molecular weight excluding hydrogens is 500 g/mol. The molecule has 7 nitrogen and oxygen atoms in total. The van der Waals surface area contributed by atoms with Gasteiger partial charge in [-0.3, -0.25) is 14.5 Å². The van der Waals surface area contributed by atoms with Gasteiger partial charge in [-0.05, 0) is 75.1 Å². The van der Waals surface area contributed by atoms with Crippen LogP contribution in [0.2, 0.25) is 0 Å². The SMILES string of the molecule is CCCCCOc1ccc(C2c3c(oc4cc(C)c(C)cc4c3=O)C(=O)N2c2nc(C)c(C)s2)cc1OC. The van der Waals surface area contributed by atoms with Crippen molar-refractivity contribution in [3.63, 3.8) is 0 Å². The fraction of sp³-hybridized carbons (Fsp3) is 0.367. The second-order valence-electron chi connectivity index (χ2n) is 9.79. The van der Waals surface area contributed by atoms with Crippen molar-refractivity contribution in [1.29, 1.82) is 0 Å². The summed E-state index contributed by atoms with van der Waals surface area (Å²) in [4.78, 5) is 35.1. The summed E-state index contributed by atoms with van der Waals surface area (Å²) >= 11 is 1.42. The van der Waals surface area contributed by atoms with E-state index in [-0.39, 0.29) is 17.1 Å². The zero-order chi connectivity index (χ0) is 27.1. The Bertz CT molecular complexity index is 1580. The number of rotatable bonds is 8. The topological polar surface area (TPSA) is 81.9 Å². The third kappa shape index (κ3) is 4.36. The predicted octanol–water partition coefficient (Wildman–Crippen LogP) is 6.81. The molecule has 5 rings (SSSR count). The Balaban J connectivity index is 1.69. The van der Waals surface area contributed by atoms with Gasteiger partial charge in [-0.15, -0.1) is 11.3 Å². The van der Waals surface area contributed by atoms with Gasteiger partial charge in [0, 0.05) is 4.88 Å². The molecule has 0 saturated carbocycles. The molecule has 4 aromatic rings. The maximum absolute atomic E-state index is 14.0. The molecule has 1 aliphatic heterocycles. The van der Waals surface area contributed by atoms with Crippen LogP contribution in [0, 0.1) is 27.7 Å². The number of methoxy groups -OCH3 is 1. The minimum absolute atomic E-state index is 0.0557. The van der Waals surface area contributed by atoms with Gasteiger partial charge in [-0.1, -0.05) is 25.8 Å². The summed E-state index contributed by atoms with van der Waals surface area (Å²) in [5, 5.41) is 0.983. The summed E-state index contributed by atoms with van der Waals surface area (Å²) in [6.45, 7) is 10.5. The Morgan fingerprint density at radius 1 is 1.03 bits per heavy atom. The highest BCUT2D eigenvalue weighted by atomic mass is 32.1. The normalized spacial score (nSPS) is 14.8. The van der Waals surface area contributed by atoms with Gasteiger partial charge in [0.1, 0.15) is 5.58 Å². The molecule has 8 heteroatoms. The van der Waals surface area contributed by atoms with Crippen LogP contribution in [0.15, 0.2) is 39.5 Å². The maximum atomic E-state index is 14.0. The first-order chi connectivity index (χ1) is 18.2. The molecule has 38 heavy (non-hydrogen) atoms. The monoisotopic (exact) mass is 532 g/mol. The molecule has 3 heterocycles. The summed E-state index contributed by atoms with van der Waals surface area (Å²) in [5.41, 5.74) is 4.05. The lowest BCUT2D eigenvalue weighted by atomic mass is 9.97. The number of thiazole rings is 1. The highest BCUT2D eigenvalue weighted by molar-refractivity contribution is 7.15. The molecule has 0 bridgehead atoms. The van der Waals surface area contributed by atoms with Crippen LogP contribution in [0.4, 0.5) is 5.13 Å². The summed E-state index contributed by atoms with van der Waals surface area (Å²) in [6, 6.07) is 8.51. The number of carbonyl (C=O) groups is 1. The van der Waals surface area contributed by atoms with Gasteiger partial charge in [0.05, 0.1) is 36.4 Å². The minimum Gasteiger partial charge on any atom is -0.493 e. The van der Waals surface area contributed by atoms with Crippen molar-refractivity contribution in [3.8, 4) is 11.5 Å². The van der Waals surface area contributed by atoms with Crippen molar-refractivity contribution in [2.75, 3.05) is 18.6 Å². The zero-order valence-corrected chi connectivity index (χ0v) is 23.5. The molecular formula is C30H32N2O5S. The van der Waals surface area contributed by atoms with Crippen molar-refractivity contribution in [1.82, 2.24) is 4.98 Å². The van der Waals surface area contributed by atoms with Crippen LogP contribution in [0.3, 0.4) is 0 Å². The van der Waals surface area contributed by atoms with E-state index in [0.29, 0.717) is 39.8 Å². The predicted molar refractivity (Wildman–Crippen MR) is 150 cm³/mol. The molecule has 2 aromatic heterocycles. The van der Waals surface area contributed by atoms with Gasteiger partial charge in [0.2, 0.25) is 5.76 Å². The smallest absolute Gasteiger partial charge is 0.297 e. The molecule has 0 saturated heterocycles. The number of hydrogen-bond donors (Lipinski definition) is 0. The van der Waals surface area contributed by atoms with Crippen LogP contribution in [0.25, 0.3) is 11.0 Å². The Morgan fingerprint density at radius 3 is 2.47 bits per heavy atom.